The van der Waals surface area contributed by atoms with Crippen molar-refractivity contribution in [3.63, 3.8) is 0 Å². The Labute approximate surface area is 154 Å². The lowest BCUT2D eigenvalue weighted by atomic mass is 9.85. The fourth-order valence-electron chi connectivity index (χ4n) is 3.42. The number of hydrogen-bond acceptors (Lipinski definition) is 4. The van der Waals surface area contributed by atoms with E-state index in [0.717, 1.165) is 18.4 Å². The van der Waals surface area contributed by atoms with Crippen LogP contribution in [0.2, 0.25) is 5.02 Å². The van der Waals surface area contributed by atoms with Gasteiger partial charge in [0.25, 0.3) is 0 Å². The average molecular weight is 367 g/mol. The van der Waals surface area contributed by atoms with Gasteiger partial charge in [-0.1, -0.05) is 49.8 Å². The Balaban J connectivity index is 1.88. The second-order valence-electron chi connectivity index (χ2n) is 6.73. The van der Waals surface area contributed by atoms with Crippen LogP contribution < -0.4 is 11.1 Å². The van der Waals surface area contributed by atoms with Crippen LogP contribution in [0.25, 0.3) is 0 Å². The van der Waals surface area contributed by atoms with Gasteiger partial charge in [-0.25, -0.2) is 4.79 Å². The van der Waals surface area contributed by atoms with Gasteiger partial charge in [-0.05, 0) is 36.5 Å². The van der Waals surface area contributed by atoms with Gasteiger partial charge in [-0.15, -0.1) is 0 Å². The zero-order valence-corrected chi connectivity index (χ0v) is 15.5. The predicted octanol–water partition coefficient (Wildman–Crippen LogP) is 3.48. The van der Waals surface area contributed by atoms with Gasteiger partial charge in [-0.2, -0.15) is 0 Å². The van der Waals surface area contributed by atoms with Crippen LogP contribution in [0.15, 0.2) is 18.2 Å². The minimum Gasteiger partial charge on any atom is -0.467 e. The number of methoxy groups -OCH3 is 1. The fraction of sp³-hybridized carbons (Fsp3) is 0.579. The third-order valence-electron chi connectivity index (χ3n) is 4.84. The van der Waals surface area contributed by atoms with E-state index in [1.807, 2.05) is 6.07 Å². The zero-order chi connectivity index (χ0) is 18.2. The van der Waals surface area contributed by atoms with Crippen LogP contribution in [0, 0.1) is 5.92 Å². The van der Waals surface area contributed by atoms with Crippen molar-refractivity contribution in [2.45, 2.75) is 57.4 Å². The van der Waals surface area contributed by atoms with Gasteiger partial charge in [0.1, 0.15) is 6.04 Å². The molecule has 0 spiro atoms. The quantitative estimate of drug-likeness (QED) is 0.571. The van der Waals surface area contributed by atoms with Crippen molar-refractivity contribution in [3.8, 4) is 0 Å². The molecule has 3 N–H and O–H groups in total. The molecule has 2 rings (SSSR count). The van der Waals surface area contributed by atoms with Crippen molar-refractivity contribution < 1.29 is 14.3 Å². The molecule has 1 aromatic carbocycles. The lowest BCUT2D eigenvalue weighted by Crippen LogP contribution is -2.43. The van der Waals surface area contributed by atoms with Crippen molar-refractivity contribution in [2.24, 2.45) is 5.92 Å². The molecule has 0 saturated heterocycles. The summed E-state index contributed by atoms with van der Waals surface area (Å²) < 4.78 is 4.86. The number of anilines is 1. The van der Waals surface area contributed by atoms with Crippen LogP contribution in [0.3, 0.4) is 0 Å². The molecule has 1 aromatic rings. The normalized spacial score (nSPS) is 16.2. The highest BCUT2D eigenvalue weighted by Gasteiger charge is 2.26. The Morgan fingerprint density at radius 1 is 1.32 bits per heavy atom. The van der Waals surface area contributed by atoms with Gasteiger partial charge in [0.2, 0.25) is 5.91 Å². The fourth-order valence-corrected chi connectivity index (χ4v) is 3.60. The van der Waals surface area contributed by atoms with Gasteiger partial charge in [0, 0.05) is 17.1 Å². The number of aryl methyl sites for hydroxylation is 1. The highest BCUT2D eigenvalue weighted by Crippen LogP contribution is 2.27. The van der Waals surface area contributed by atoms with Crippen molar-refractivity contribution in [1.29, 1.82) is 0 Å². The number of hydrogen-bond donors (Lipinski definition) is 2. The first-order chi connectivity index (χ1) is 12.0. The molecule has 0 aromatic heterocycles. The number of amides is 1. The van der Waals surface area contributed by atoms with E-state index in [4.69, 9.17) is 22.1 Å². The van der Waals surface area contributed by atoms with Crippen LogP contribution in [0.1, 0.15) is 50.5 Å². The molecule has 1 aliphatic carbocycles. The summed E-state index contributed by atoms with van der Waals surface area (Å²) >= 11 is 5.88. The predicted molar refractivity (Wildman–Crippen MR) is 99.3 cm³/mol. The van der Waals surface area contributed by atoms with Gasteiger partial charge in [0.15, 0.2) is 0 Å². The Kier molecular flexibility index (Phi) is 7.56. The molecule has 1 amide bonds. The van der Waals surface area contributed by atoms with Gasteiger partial charge >= 0.3 is 5.97 Å². The minimum absolute atomic E-state index is 0.166. The molecule has 6 heteroatoms. The SMILES string of the molecule is COC(=O)[C@H](CC1CCCCC1)NC(=O)CCc1ccc(Cl)cc1N. The van der Waals surface area contributed by atoms with E-state index < -0.39 is 6.04 Å². The van der Waals surface area contributed by atoms with Crippen molar-refractivity contribution in [3.05, 3.63) is 28.8 Å². The molecule has 1 saturated carbocycles. The van der Waals surface area contributed by atoms with Crippen LogP contribution in [0.5, 0.6) is 0 Å². The molecule has 0 bridgehead atoms. The van der Waals surface area contributed by atoms with Crippen molar-refractivity contribution in [2.75, 3.05) is 12.8 Å². The molecule has 0 radical (unpaired) electrons. The smallest absolute Gasteiger partial charge is 0.328 e. The van der Waals surface area contributed by atoms with E-state index in [9.17, 15) is 9.59 Å². The summed E-state index contributed by atoms with van der Waals surface area (Å²) in [5.74, 6) is -0.0597. The second kappa shape index (κ2) is 9.66. The first kappa shape index (κ1) is 19.6. The number of rotatable bonds is 7. The van der Waals surface area contributed by atoms with E-state index in [2.05, 4.69) is 5.32 Å². The Bertz CT molecular complexity index is 600. The van der Waals surface area contributed by atoms with E-state index in [1.54, 1.807) is 12.1 Å². The Hall–Kier alpha value is -1.75. The van der Waals surface area contributed by atoms with Crippen LogP contribution in [0.4, 0.5) is 5.69 Å². The number of carbonyl (C=O) groups excluding carboxylic acids is 2. The van der Waals surface area contributed by atoms with Crippen LogP contribution in [-0.2, 0) is 20.7 Å². The third-order valence-corrected chi connectivity index (χ3v) is 5.08. The molecule has 0 unspecified atom stereocenters. The van der Waals surface area contributed by atoms with Crippen LogP contribution in [-0.4, -0.2) is 25.0 Å². The highest BCUT2D eigenvalue weighted by atomic mass is 35.5. The van der Waals surface area contributed by atoms with Crippen LogP contribution >= 0.6 is 11.6 Å². The molecule has 1 aliphatic rings. The molecule has 1 fully saturated rings. The first-order valence-corrected chi connectivity index (χ1v) is 9.28. The molecule has 1 atom stereocenters. The van der Waals surface area contributed by atoms with Crippen molar-refractivity contribution in [1.82, 2.24) is 5.32 Å². The minimum atomic E-state index is -0.567. The summed E-state index contributed by atoms with van der Waals surface area (Å²) in [7, 11) is 1.36. The number of carbonyl (C=O) groups is 2. The summed E-state index contributed by atoms with van der Waals surface area (Å²) in [5, 5.41) is 3.41. The van der Waals surface area contributed by atoms with E-state index in [-0.39, 0.29) is 18.3 Å². The average Bonchev–Trinajstić information content (AvgIpc) is 2.60. The summed E-state index contributed by atoms with van der Waals surface area (Å²) in [6, 6.07) is 4.69. The number of nitrogen functional groups attached to an aromatic ring is 1. The van der Waals surface area contributed by atoms with Gasteiger partial charge < -0.3 is 15.8 Å². The standard InChI is InChI=1S/C19H27ClN2O3/c1-25-19(24)17(11-13-5-3-2-4-6-13)22-18(23)10-8-14-7-9-15(20)12-16(14)21/h7,9,12-13,17H,2-6,8,10-11,21H2,1H3,(H,22,23)/t17-/m0/s1. The largest absolute Gasteiger partial charge is 0.467 e. The molecule has 25 heavy (non-hydrogen) atoms. The van der Waals surface area contributed by atoms with Crippen molar-refractivity contribution >= 4 is 29.2 Å². The lowest BCUT2D eigenvalue weighted by Gasteiger charge is -2.25. The maximum Gasteiger partial charge on any atom is 0.328 e. The second-order valence-corrected chi connectivity index (χ2v) is 7.16. The molecular weight excluding hydrogens is 340 g/mol. The summed E-state index contributed by atoms with van der Waals surface area (Å²) in [6.07, 6.45) is 7.31. The summed E-state index contributed by atoms with van der Waals surface area (Å²) in [6.45, 7) is 0. The number of benzene rings is 1. The zero-order valence-electron chi connectivity index (χ0n) is 14.7. The molecule has 138 valence electrons. The number of nitrogens with one attached hydrogen (secondary N) is 1. The van der Waals surface area contributed by atoms with Gasteiger partial charge in [-0.3, -0.25) is 4.79 Å². The van der Waals surface area contributed by atoms with Gasteiger partial charge in [0.05, 0.1) is 7.11 Å². The number of nitrogens with two attached hydrogens (primary N) is 1. The highest BCUT2D eigenvalue weighted by molar-refractivity contribution is 6.30. The monoisotopic (exact) mass is 366 g/mol. The number of esters is 1. The molecule has 0 aliphatic heterocycles. The molecular formula is C19H27ClN2O3. The van der Waals surface area contributed by atoms with E-state index in [1.165, 1.54) is 26.4 Å². The summed E-state index contributed by atoms with van der Waals surface area (Å²) in [5.41, 5.74) is 7.36. The van der Waals surface area contributed by atoms with E-state index in [0.29, 0.717) is 29.5 Å². The first-order valence-electron chi connectivity index (χ1n) is 8.90. The molecule has 5 nitrogen and oxygen atoms in total. The number of ether oxygens (including phenoxy) is 1. The van der Waals surface area contributed by atoms with E-state index >= 15 is 0 Å². The Morgan fingerprint density at radius 2 is 2.04 bits per heavy atom. The maximum absolute atomic E-state index is 12.3. The topological polar surface area (TPSA) is 81.4 Å². The Morgan fingerprint density at radius 3 is 2.68 bits per heavy atom. The maximum atomic E-state index is 12.3. The summed E-state index contributed by atoms with van der Waals surface area (Å²) in [4.78, 5) is 24.3. The molecule has 0 heterocycles. The lowest BCUT2D eigenvalue weighted by molar-refractivity contribution is -0.145. The third kappa shape index (κ3) is 6.24. The number of halogens is 1.